The van der Waals surface area contributed by atoms with Gasteiger partial charge in [0.2, 0.25) is 5.13 Å². The molecule has 6 rings (SSSR count). The molecule has 244 valence electrons. The molecule has 4 aromatic carbocycles. The van der Waals surface area contributed by atoms with E-state index in [2.05, 4.69) is 55.2 Å². The lowest BCUT2D eigenvalue weighted by molar-refractivity contribution is -0.132. The number of ether oxygens (including phenoxy) is 1. The SMILES string of the molecule is Cc1ccc(CSc2nnc(N3C(=O)C(=O)C(=C(O)c4ccc(OCc5ccccc5C)cc4)C3c3ccc(C(C)(C)C)cc3)s2)cc1. The van der Waals surface area contributed by atoms with E-state index in [9.17, 15) is 14.7 Å². The molecular formula is C39H37N3O4S2. The molecule has 1 amide bonds. The van der Waals surface area contributed by atoms with Gasteiger partial charge in [0.25, 0.3) is 5.78 Å². The normalized spacial score (nSPS) is 16.0. The molecule has 1 aliphatic rings. The first-order chi connectivity index (χ1) is 23.0. The maximum atomic E-state index is 13.7. The maximum Gasteiger partial charge on any atom is 0.301 e. The number of aliphatic hydroxyl groups is 1. The molecular weight excluding hydrogens is 639 g/mol. The van der Waals surface area contributed by atoms with Crippen LogP contribution in [0.2, 0.25) is 0 Å². The van der Waals surface area contributed by atoms with Gasteiger partial charge >= 0.3 is 5.91 Å². The zero-order valence-electron chi connectivity index (χ0n) is 27.6. The molecule has 1 atom stereocenters. The van der Waals surface area contributed by atoms with Crippen molar-refractivity contribution in [3.8, 4) is 5.75 Å². The Labute approximate surface area is 289 Å². The van der Waals surface area contributed by atoms with Crippen LogP contribution in [0.1, 0.15) is 65.8 Å². The molecule has 1 saturated heterocycles. The van der Waals surface area contributed by atoms with E-state index in [0.29, 0.717) is 38.7 Å². The Morgan fingerprint density at radius 1 is 0.896 bits per heavy atom. The highest BCUT2D eigenvalue weighted by Gasteiger charge is 2.48. The second kappa shape index (κ2) is 13.8. The third kappa shape index (κ3) is 7.07. The van der Waals surface area contributed by atoms with Crippen molar-refractivity contribution in [2.45, 2.75) is 62.8 Å². The predicted molar refractivity (Wildman–Crippen MR) is 193 cm³/mol. The molecule has 48 heavy (non-hydrogen) atoms. The van der Waals surface area contributed by atoms with Crippen molar-refractivity contribution < 1.29 is 19.4 Å². The van der Waals surface area contributed by atoms with Gasteiger partial charge in [-0.3, -0.25) is 14.5 Å². The molecule has 5 aromatic rings. The fourth-order valence-corrected chi connectivity index (χ4v) is 7.32. The molecule has 7 nitrogen and oxygen atoms in total. The highest BCUT2D eigenvalue weighted by atomic mass is 32.2. The summed E-state index contributed by atoms with van der Waals surface area (Å²) in [6, 6.07) is 30.1. The van der Waals surface area contributed by atoms with E-state index < -0.39 is 17.7 Å². The Kier molecular flexibility index (Phi) is 9.53. The monoisotopic (exact) mass is 675 g/mol. The van der Waals surface area contributed by atoms with Gasteiger partial charge in [-0.15, -0.1) is 10.2 Å². The van der Waals surface area contributed by atoms with Crippen LogP contribution < -0.4 is 9.64 Å². The number of rotatable bonds is 9. The summed E-state index contributed by atoms with van der Waals surface area (Å²) in [6.45, 7) is 10.9. The number of benzene rings is 4. The van der Waals surface area contributed by atoms with Crippen LogP contribution in [0, 0.1) is 13.8 Å². The van der Waals surface area contributed by atoms with Crippen LogP contribution in [-0.2, 0) is 27.4 Å². The molecule has 0 radical (unpaired) electrons. The van der Waals surface area contributed by atoms with Crippen molar-refractivity contribution in [3.05, 3.63) is 142 Å². The highest BCUT2D eigenvalue weighted by molar-refractivity contribution is 8.00. The third-order valence-corrected chi connectivity index (χ3v) is 10.5. The Bertz CT molecular complexity index is 1980. The number of aromatic nitrogens is 2. The van der Waals surface area contributed by atoms with Gasteiger partial charge in [0, 0.05) is 11.3 Å². The number of hydrogen-bond donors (Lipinski definition) is 1. The average molecular weight is 676 g/mol. The van der Waals surface area contributed by atoms with Gasteiger partial charge < -0.3 is 9.84 Å². The van der Waals surface area contributed by atoms with E-state index in [0.717, 1.165) is 22.3 Å². The largest absolute Gasteiger partial charge is 0.507 e. The number of amides is 1. The fourth-order valence-electron chi connectivity index (χ4n) is 5.50. The van der Waals surface area contributed by atoms with Crippen molar-refractivity contribution in [1.82, 2.24) is 10.2 Å². The summed E-state index contributed by atoms with van der Waals surface area (Å²) in [5.74, 6) is -0.484. The first-order valence-electron chi connectivity index (χ1n) is 15.7. The van der Waals surface area contributed by atoms with E-state index in [1.165, 1.54) is 33.6 Å². The predicted octanol–water partition coefficient (Wildman–Crippen LogP) is 8.95. The fraction of sp³-hybridized carbons (Fsp3) is 0.231. The van der Waals surface area contributed by atoms with Crippen molar-refractivity contribution in [1.29, 1.82) is 0 Å². The number of aliphatic hydroxyl groups excluding tert-OH is 1. The number of nitrogens with zero attached hydrogens (tertiary/aromatic N) is 3. The lowest BCUT2D eigenvalue weighted by Crippen LogP contribution is -2.29. The van der Waals surface area contributed by atoms with E-state index in [1.807, 2.05) is 62.4 Å². The topological polar surface area (TPSA) is 92.6 Å². The quantitative estimate of drug-likeness (QED) is 0.0548. The van der Waals surface area contributed by atoms with Crippen LogP contribution >= 0.6 is 23.1 Å². The molecule has 1 aromatic heterocycles. The molecule has 0 spiro atoms. The minimum Gasteiger partial charge on any atom is -0.507 e. The number of Topliss-reactive ketones (excluding diaryl/α,β-unsaturated/α-hetero) is 1. The van der Waals surface area contributed by atoms with E-state index >= 15 is 0 Å². The number of carbonyl (C=O) groups excluding carboxylic acids is 2. The molecule has 1 aliphatic heterocycles. The highest BCUT2D eigenvalue weighted by Crippen LogP contribution is 2.44. The molecule has 0 bridgehead atoms. The van der Waals surface area contributed by atoms with Gasteiger partial charge in [0.1, 0.15) is 18.1 Å². The minimum atomic E-state index is -0.890. The number of aryl methyl sites for hydroxylation is 2. The van der Waals surface area contributed by atoms with Crippen LogP contribution in [0.3, 0.4) is 0 Å². The number of carbonyl (C=O) groups is 2. The summed E-state index contributed by atoms with van der Waals surface area (Å²) in [5.41, 5.74) is 6.66. The van der Waals surface area contributed by atoms with Crippen LogP contribution in [0.15, 0.2) is 107 Å². The first kappa shape index (κ1) is 33.2. The molecule has 0 aliphatic carbocycles. The van der Waals surface area contributed by atoms with Crippen molar-refractivity contribution in [2.24, 2.45) is 0 Å². The minimum absolute atomic E-state index is 0.00106. The average Bonchev–Trinajstić information content (AvgIpc) is 3.65. The van der Waals surface area contributed by atoms with Crippen molar-refractivity contribution in [3.63, 3.8) is 0 Å². The van der Waals surface area contributed by atoms with Gasteiger partial charge in [-0.05, 0) is 71.3 Å². The Hall–Kier alpha value is -4.73. The third-order valence-electron chi connectivity index (χ3n) is 8.41. The molecule has 2 heterocycles. The summed E-state index contributed by atoms with van der Waals surface area (Å²) in [6.07, 6.45) is 0. The van der Waals surface area contributed by atoms with Crippen molar-refractivity contribution in [2.75, 3.05) is 4.90 Å². The summed E-state index contributed by atoms with van der Waals surface area (Å²) in [4.78, 5) is 28.8. The standard InChI is InChI=1S/C39H37N3O4S2/c1-24-10-12-26(13-11-24)23-47-38-41-40-37(48-38)42-33(27-14-18-30(19-15-27)39(3,4)5)32(35(44)36(42)45)34(43)28-16-20-31(21-17-28)46-22-29-9-7-6-8-25(29)2/h6-21,33,43H,22-23H2,1-5H3. The first-order valence-corrected chi connectivity index (χ1v) is 17.5. The number of thioether (sulfide) groups is 1. The van der Waals surface area contributed by atoms with Crippen LogP contribution in [0.4, 0.5) is 5.13 Å². The summed E-state index contributed by atoms with van der Waals surface area (Å²) in [7, 11) is 0. The molecule has 1 N–H and O–H groups in total. The van der Waals surface area contributed by atoms with E-state index in [4.69, 9.17) is 4.74 Å². The molecule has 1 fully saturated rings. The van der Waals surface area contributed by atoms with Gasteiger partial charge in [-0.1, -0.05) is 122 Å². The van der Waals surface area contributed by atoms with Crippen LogP contribution in [0.25, 0.3) is 5.76 Å². The number of hydrogen-bond acceptors (Lipinski definition) is 8. The Morgan fingerprint density at radius 2 is 1.58 bits per heavy atom. The molecule has 9 heteroatoms. The Balaban J connectivity index is 1.32. The van der Waals surface area contributed by atoms with E-state index in [-0.39, 0.29) is 16.7 Å². The van der Waals surface area contributed by atoms with Crippen LogP contribution in [-0.4, -0.2) is 27.0 Å². The summed E-state index contributed by atoms with van der Waals surface area (Å²) in [5, 5.41) is 20.7. The zero-order chi connectivity index (χ0) is 34.0. The maximum absolute atomic E-state index is 13.7. The smallest absolute Gasteiger partial charge is 0.301 e. The van der Waals surface area contributed by atoms with E-state index in [1.54, 1.807) is 24.3 Å². The van der Waals surface area contributed by atoms with Gasteiger partial charge in [0.15, 0.2) is 4.34 Å². The number of anilines is 1. The zero-order valence-corrected chi connectivity index (χ0v) is 29.2. The summed E-state index contributed by atoms with van der Waals surface area (Å²) >= 11 is 2.77. The second-order valence-corrected chi connectivity index (χ2v) is 15.1. The number of ketones is 1. The van der Waals surface area contributed by atoms with Crippen molar-refractivity contribution >= 4 is 45.7 Å². The van der Waals surface area contributed by atoms with Gasteiger partial charge in [-0.2, -0.15) is 0 Å². The molecule has 0 saturated carbocycles. The Morgan fingerprint density at radius 3 is 2.25 bits per heavy atom. The van der Waals surface area contributed by atoms with Crippen LogP contribution in [0.5, 0.6) is 5.75 Å². The van der Waals surface area contributed by atoms with Gasteiger partial charge in [0.05, 0.1) is 11.6 Å². The molecule has 1 unspecified atom stereocenters. The summed E-state index contributed by atoms with van der Waals surface area (Å²) < 4.78 is 6.66. The lowest BCUT2D eigenvalue weighted by atomic mass is 9.85. The second-order valence-electron chi connectivity index (χ2n) is 12.9. The van der Waals surface area contributed by atoms with Gasteiger partial charge in [-0.25, -0.2) is 0 Å². The lowest BCUT2D eigenvalue weighted by Gasteiger charge is -2.24.